The van der Waals surface area contributed by atoms with Crippen molar-refractivity contribution in [2.75, 3.05) is 14.2 Å². The number of nitrogens with one attached hydrogen (secondary N) is 1. The number of pyridine rings is 1. The van der Waals surface area contributed by atoms with Crippen LogP contribution in [0.5, 0.6) is 11.5 Å². The predicted octanol–water partition coefficient (Wildman–Crippen LogP) is 1.14. The van der Waals surface area contributed by atoms with Crippen LogP contribution >= 0.6 is 0 Å². The molecule has 29 heavy (non-hydrogen) atoms. The molecule has 11 nitrogen and oxygen atoms in total. The molecule has 0 saturated carbocycles. The van der Waals surface area contributed by atoms with Gasteiger partial charge in [-0.2, -0.15) is 13.1 Å². The van der Waals surface area contributed by atoms with E-state index in [9.17, 15) is 13.2 Å². The molecule has 0 atom stereocenters. The first-order chi connectivity index (χ1) is 13.8. The quantitative estimate of drug-likeness (QED) is 0.573. The number of hydrogen-bond donors (Lipinski definition) is 2. The van der Waals surface area contributed by atoms with Crippen molar-refractivity contribution in [3.63, 3.8) is 0 Å². The summed E-state index contributed by atoms with van der Waals surface area (Å²) in [6.45, 7) is -0.189. The third kappa shape index (κ3) is 4.67. The number of nitrogens with zero attached hydrogens (tertiary/aromatic N) is 3. The molecule has 12 heteroatoms. The Morgan fingerprint density at radius 3 is 2.45 bits per heavy atom. The lowest BCUT2D eigenvalue weighted by atomic mass is 10.1. The van der Waals surface area contributed by atoms with Crippen LogP contribution in [0.15, 0.2) is 36.8 Å². The van der Waals surface area contributed by atoms with Crippen LogP contribution in [0, 0.1) is 0 Å². The van der Waals surface area contributed by atoms with Crippen molar-refractivity contribution in [2.24, 2.45) is 5.73 Å². The molecule has 0 radical (unpaired) electrons. The number of ether oxygens (including phenoxy) is 2. The molecule has 2 heterocycles. The monoisotopic (exact) mass is 419 g/mol. The third-order valence-corrected chi connectivity index (χ3v) is 4.74. The van der Waals surface area contributed by atoms with Gasteiger partial charge >= 0.3 is 16.4 Å². The van der Waals surface area contributed by atoms with Gasteiger partial charge in [-0.25, -0.2) is 14.8 Å². The molecule has 3 rings (SSSR count). The molecule has 3 N–H and O–H groups in total. The molecule has 0 bridgehead atoms. The number of fused-ring (bicyclic) bond motifs is 1. The molecule has 0 aliphatic carbocycles. The van der Waals surface area contributed by atoms with Gasteiger partial charge in [-0.05, 0) is 18.2 Å². The highest BCUT2D eigenvalue weighted by atomic mass is 32.2. The zero-order chi connectivity index (χ0) is 21.0. The number of primary amides is 1. The predicted molar refractivity (Wildman–Crippen MR) is 102 cm³/mol. The largest absolute Gasteiger partial charge is 0.493 e. The van der Waals surface area contributed by atoms with Gasteiger partial charge in [0, 0.05) is 23.2 Å². The van der Waals surface area contributed by atoms with Crippen molar-refractivity contribution < 1.29 is 26.9 Å². The molecular weight excluding hydrogens is 402 g/mol. The Balaban J connectivity index is 1.88. The average Bonchev–Trinajstić information content (AvgIpc) is 2.70. The van der Waals surface area contributed by atoms with E-state index in [0.29, 0.717) is 34.0 Å². The number of carbonyl (C=O) groups excluding carboxylic acids is 1. The zero-order valence-corrected chi connectivity index (χ0v) is 16.3. The Bertz CT molecular complexity index is 1150. The minimum Gasteiger partial charge on any atom is -0.493 e. The molecule has 1 aromatic carbocycles. The number of benzene rings is 1. The maximum atomic E-state index is 11.5. The Morgan fingerprint density at radius 2 is 1.83 bits per heavy atom. The maximum Gasteiger partial charge on any atom is 0.421 e. The second-order valence-corrected chi connectivity index (χ2v) is 7.03. The first kappa shape index (κ1) is 20.2. The van der Waals surface area contributed by atoms with Crippen molar-refractivity contribution in [3.05, 3.63) is 42.5 Å². The minimum atomic E-state index is -4.30. The number of methoxy groups -OCH3 is 2. The van der Waals surface area contributed by atoms with Gasteiger partial charge < -0.3 is 19.4 Å². The fraction of sp³-hybridized carbons (Fsp3) is 0.176. The van der Waals surface area contributed by atoms with Gasteiger partial charge in [0.25, 0.3) is 0 Å². The van der Waals surface area contributed by atoms with Crippen molar-refractivity contribution in [2.45, 2.75) is 6.54 Å². The van der Waals surface area contributed by atoms with Gasteiger partial charge in [0.05, 0.1) is 37.7 Å². The van der Waals surface area contributed by atoms with Crippen molar-refractivity contribution in [3.8, 4) is 22.8 Å². The molecule has 0 unspecified atom stereocenters. The summed E-state index contributed by atoms with van der Waals surface area (Å²) in [7, 11) is -1.22. The minimum absolute atomic E-state index is 0.189. The van der Waals surface area contributed by atoms with Gasteiger partial charge in [-0.3, -0.25) is 4.98 Å². The Labute approximate surface area is 166 Å². The normalized spacial score (nSPS) is 11.2. The van der Waals surface area contributed by atoms with E-state index in [1.807, 2.05) is 0 Å². The highest BCUT2D eigenvalue weighted by molar-refractivity contribution is 7.85. The van der Waals surface area contributed by atoms with Crippen molar-refractivity contribution in [1.29, 1.82) is 0 Å². The van der Waals surface area contributed by atoms with Crippen molar-refractivity contribution in [1.82, 2.24) is 19.7 Å². The van der Waals surface area contributed by atoms with E-state index in [1.165, 1.54) is 26.7 Å². The summed E-state index contributed by atoms with van der Waals surface area (Å²) >= 11 is 0. The Morgan fingerprint density at radius 1 is 1.10 bits per heavy atom. The fourth-order valence-corrected chi connectivity index (χ4v) is 3.18. The van der Waals surface area contributed by atoms with E-state index in [4.69, 9.17) is 15.2 Å². The molecule has 2 aromatic heterocycles. The van der Waals surface area contributed by atoms with Gasteiger partial charge in [0.15, 0.2) is 11.5 Å². The van der Waals surface area contributed by atoms with Gasteiger partial charge in [-0.1, -0.05) is 0 Å². The van der Waals surface area contributed by atoms with E-state index < -0.39 is 16.4 Å². The van der Waals surface area contributed by atoms with Crippen LogP contribution in [0.25, 0.3) is 22.2 Å². The summed E-state index contributed by atoms with van der Waals surface area (Å²) in [5, 5.41) is 0.732. The standard InChI is InChI=1S/C17H17N5O6S/c1-26-14-5-12-13(6-15(14)27-2)20-9-21-16(12)10-3-4-11(19-7-10)8-22-29(24,25)28-17(18)23/h3-7,9,22H,8H2,1-2H3,(H2,18,23). The van der Waals surface area contributed by atoms with E-state index in [-0.39, 0.29) is 6.54 Å². The van der Waals surface area contributed by atoms with Crippen LogP contribution in [-0.4, -0.2) is 43.7 Å². The zero-order valence-electron chi connectivity index (χ0n) is 15.4. The fourth-order valence-electron chi connectivity index (χ4n) is 2.58. The van der Waals surface area contributed by atoms with Crippen LogP contribution < -0.4 is 19.9 Å². The van der Waals surface area contributed by atoms with Gasteiger partial charge in [0.1, 0.15) is 6.33 Å². The summed E-state index contributed by atoms with van der Waals surface area (Å²) in [5.41, 5.74) is 7.05. The number of nitrogens with two attached hydrogens (primary N) is 1. The molecule has 0 saturated heterocycles. The molecule has 0 aliphatic heterocycles. The molecule has 0 aliphatic rings. The lowest BCUT2D eigenvalue weighted by molar-refractivity contribution is 0.212. The molecule has 3 aromatic rings. The number of hydrogen-bond acceptors (Lipinski definition) is 9. The van der Waals surface area contributed by atoms with E-state index in [0.717, 1.165) is 5.39 Å². The summed E-state index contributed by atoms with van der Waals surface area (Å²) in [6.07, 6.45) is 1.53. The third-order valence-electron chi connectivity index (χ3n) is 3.86. The first-order valence-electron chi connectivity index (χ1n) is 8.13. The summed E-state index contributed by atoms with van der Waals surface area (Å²) < 4.78 is 39.6. The number of rotatable bonds is 7. The highest BCUT2D eigenvalue weighted by Crippen LogP contribution is 2.34. The second-order valence-electron chi connectivity index (χ2n) is 5.66. The SMILES string of the molecule is COc1cc2ncnc(-c3ccc(CNS(=O)(=O)OC(N)=O)nc3)c2cc1OC. The van der Waals surface area contributed by atoms with Crippen LogP contribution in [0.3, 0.4) is 0 Å². The molecular formula is C17H17N5O6S. The molecule has 0 spiro atoms. The topological polar surface area (TPSA) is 156 Å². The van der Waals surface area contributed by atoms with Crippen molar-refractivity contribution >= 4 is 27.3 Å². The van der Waals surface area contributed by atoms with Gasteiger partial charge in [0.2, 0.25) is 0 Å². The number of amides is 1. The lowest BCUT2D eigenvalue weighted by Crippen LogP contribution is -2.30. The molecule has 0 fully saturated rings. The summed E-state index contributed by atoms with van der Waals surface area (Å²) in [6, 6.07) is 6.85. The first-order valence-corrected chi connectivity index (χ1v) is 9.54. The van der Waals surface area contributed by atoms with Gasteiger partial charge in [-0.15, -0.1) is 0 Å². The maximum absolute atomic E-state index is 11.5. The second kappa shape index (κ2) is 8.24. The average molecular weight is 419 g/mol. The summed E-state index contributed by atoms with van der Waals surface area (Å²) in [5.74, 6) is 1.08. The Hall–Kier alpha value is -3.51. The number of aromatic nitrogens is 3. The van der Waals surface area contributed by atoms with E-state index >= 15 is 0 Å². The number of carbonyl (C=O) groups is 1. The molecule has 1 amide bonds. The van der Waals surface area contributed by atoms with E-state index in [2.05, 4.69) is 23.9 Å². The van der Waals surface area contributed by atoms with Crippen LogP contribution in [0.4, 0.5) is 4.79 Å². The van der Waals surface area contributed by atoms with Crippen LogP contribution in [-0.2, 0) is 21.0 Å². The molecule has 152 valence electrons. The smallest absolute Gasteiger partial charge is 0.421 e. The van der Waals surface area contributed by atoms with Crippen LogP contribution in [0.2, 0.25) is 0 Å². The van der Waals surface area contributed by atoms with E-state index in [1.54, 1.807) is 24.3 Å². The summed E-state index contributed by atoms with van der Waals surface area (Å²) in [4.78, 5) is 23.3. The van der Waals surface area contributed by atoms with Crippen LogP contribution in [0.1, 0.15) is 5.69 Å². The lowest BCUT2D eigenvalue weighted by Gasteiger charge is -2.11. The Kier molecular flexibility index (Phi) is 5.75. The highest BCUT2D eigenvalue weighted by Gasteiger charge is 2.15.